The van der Waals surface area contributed by atoms with Crippen LogP contribution >= 0.6 is 0 Å². The monoisotopic (exact) mass is 314 g/mol. The molecule has 2 N–H and O–H groups in total. The molecule has 6 heteroatoms. The Morgan fingerprint density at radius 1 is 1.29 bits per heavy atom. The van der Waals surface area contributed by atoms with Crippen LogP contribution in [-0.4, -0.2) is 38.2 Å². The lowest BCUT2D eigenvalue weighted by molar-refractivity contribution is 0.319. The topological polar surface area (TPSA) is 72.6 Å². The van der Waals surface area contributed by atoms with E-state index >= 15 is 0 Å². The van der Waals surface area contributed by atoms with Gasteiger partial charge in [0.25, 0.3) is 0 Å². The highest BCUT2D eigenvalue weighted by Crippen LogP contribution is 2.16. The van der Waals surface area contributed by atoms with Gasteiger partial charge in [0.05, 0.1) is 5.75 Å². The first-order valence-corrected chi connectivity index (χ1v) is 8.77. The van der Waals surface area contributed by atoms with Gasteiger partial charge in [-0.3, -0.25) is 0 Å². The molecule has 0 saturated carbocycles. The highest BCUT2D eigenvalue weighted by Gasteiger charge is 2.23. The SMILES string of the molecule is CC(C)CC(C)N(C)S(=O)(=O)CCOc1cccc(N)c1. The maximum atomic E-state index is 12.2. The maximum absolute atomic E-state index is 12.2. The summed E-state index contributed by atoms with van der Waals surface area (Å²) in [7, 11) is -1.68. The lowest BCUT2D eigenvalue weighted by atomic mass is 10.1. The second-order valence-corrected chi connectivity index (χ2v) is 7.88. The molecule has 0 spiro atoms. The van der Waals surface area contributed by atoms with E-state index in [1.807, 2.05) is 6.92 Å². The van der Waals surface area contributed by atoms with Crippen molar-refractivity contribution in [3.63, 3.8) is 0 Å². The van der Waals surface area contributed by atoms with Crippen LogP contribution in [0.1, 0.15) is 27.2 Å². The van der Waals surface area contributed by atoms with Gasteiger partial charge in [0, 0.05) is 24.8 Å². The summed E-state index contributed by atoms with van der Waals surface area (Å²) in [5.74, 6) is 1.00. The summed E-state index contributed by atoms with van der Waals surface area (Å²) in [6, 6.07) is 6.95. The second-order valence-electron chi connectivity index (χ2n) is 5.73. The Hall–Kier alpha value is -1.27. The average Bonchev–Trinajstić information content (AvgIpc) is 2.36. The van der Waals surface area contributed by atoms with Crippen molar-refractivity contribution in [1.29, 1.82) is 0 Å². The summed E-state index contributed by atoms with van der Waals surface area (Å²) in [4.78, 5) is 0. The quantitative estimate of drug-likeness (QED) is 0.748. The fourth-order valence-electron chi connectivity index (χ4n) is 2.12. The highest BCUT2D eigenvalue weighted by molar-refractivity contribution is 7.89. The number of nitrogens with two attached hydrogens (primary N) is 1. The lowest BCUT2D eigenvalue weighted by Crippen LogP contribution is -2.38. The molecule has 0 heterocycles. The van der Waals surface area contributed by atoms with Gasteiger partial charge in [-0.25, -0.2) is 12.7 Å². The molecule has 120 valence electrons. The molecule has 0 aliphatic rings. The lowest BCUT2D eigenvalue weighted by Gasteiger charge is -2.25. The van der Waals surface area contributed by atoms with E-state index in [4.69, 9.17) is 10.5 Å². The third-order valence-corrected chi connectivity index (χ3v) is 5.26. The largest absolute Gasteiger partial charge is 0.492 e. The molecule has 1 unspecified atom stereocenters. The predicted octanol–water partition coefficient (Wildman–Crippen LogP) is 2.34. The Kier molecular flexibility index (Phi) is 6.48. The summed E-state index contributed by atoms with van der Waals surface area (Å²) in [5.41, 5.74) is 6.24. The molecule has 21 heavy (non-hydrogen) atoms. The van der Waals surface area contributed by atoms with Crippen LogP contribution in [0.5, 0.6) is 5.75 Å². The molecule has 1 rings (SSSR count). The van der Waals surface area contributed by atoms with Crippen LogP contribution in [0.25, 0.3) is 0 Å². The zero-order chi connectivity index (χ0) is 16.0. The minimum Gasteiger partial charge on any atom is -0.492 e. The van der Waals surface area contributed by atoms with E-state index in [1.54, 1.807) is 31.3 Å². The first-order chi connectivity index (χ1) is 9.72. The molecule has 0 radical (unpaired) electrons. The number of ether oxygens (including phenoxy) is 1. The third kappa shape index (κ3) is 5.93. The molecule has 1 atom stereocenters. The van der Waals surface area contributed by atoms with Gasteiger partial charge in [-0.2, -0.15) is 0 Å². The number of benzene rings is 1. The maximum Gasteiger partial charge on any atom is 0.217 e. The number of anilines is 1. The molecule has 0 aliphatic heterocycles. The molecular formula is C15H26N2O3S. The fraction of sp³-hybridized carbons (Fsp3) is 0.600. The van der Waals surface area contributed by atoms with Crippen molar-refractivity contribution in [1.82, 2.24) is 4.31 Å². The zero-order valence-corrected chi connectivity index (χ0v) is 14.1. The van der Waals surface area contributed by atoms with Crippen LogP contribution in [0.2, 0.25) is 0 Å². The van der Waals surface area contributed by atoms with Crippen LogP contribution in [0.3, 0.4) is 0 Å². The molecule has 5 nitrogen and oxygen atoms in total. The van der Waals surface area contributed by atoms with Crippen molar-refractivity contribution in [2.45, 2.75) is 33.2 Å². The van der Waals surface area contributed by atoms with E-state index in [0.29, 0.717) is 17.4 Å². The summed E-state index contributed by atoms with van der Waals surface area (Å²) in [6.45, 7) is 6.21. The van der Waals surface area contributed by atoms with Crippen molar-refractivity contribution in [2.75, 3.05) is 25.1 Å². The number of nitrogen functional groups attached to an aromatic ring is 1. The third-order valence-electron chi connectivity index (χ3n) is 3.34. The Morgan fingerprint density at radius 2 is 1.95 bits per heavy atom. The van der Waals surface area contributed by atoms with Gasteiger partial charge in [0.15, 0.2) is 0 Å². The number of nitrogens with zero attached hydrogens (tertiary/aromatic N) is 1. The van der Waals surface area contributed by atoms with Crippen molar-refractivity contribution in [2.24, 2.45) is 5.92 Å². The zero-order valence-electron chi connectivity index (χ0n) is 13.2. The smallest absolute Gasteiger partial charge is 0.217 e. The molecule has 0 amide bonds. The van der Waals surface area contributed by atoms with Crippen LogP contribution in [-0.2, 0) is 10.0 Å². The number of sulfonamides is 1. The van der Waals surface area contributed by atoms with Gasteiger partial charge in [-0.05, 0) is 31.4 Å². The first-order valence-electron chi connectivity index (χ1n) is 7.16. The molecule has 0 fully saturated rings. The van der Waals surface area contributed by atoms with E-state index < -0.39 is 10.0 Å². The Balaban J connectivity index is 2.52. The summed E-state index contributed by atoms with van der Waals surface area (Å²) >= 11 is 0. The van der Waals surface area contributed by atoms with Crippen molar-refractivity contribution in [3.8, 4) is 5.75 Å². The molecule has 0 bridgehead atoms. The number of hydrogen-bond acceptors (Lipinski definition) is 4. The van der Waals surface area contributed by atoms with Crippen molar-refractivity contribution < 1.29 is 13.2 Å². The summed E-state index contributed by atoms with van der Waals surface area (Å²) in [6.07, 6.45) is 0.839. The van der Waals surface area contributed by atoms with E-state index in [1.165, 1.54) is 4.31 Å². The Labute approximate surface area is 128 Å². The van der Waals surface area contributed by atoms with E-state index in [0.717, 1.165) is 6.42 Å². The van der Waals surface area contributed by atoms with Crippen LogP contribution in [0, 0.1) is 5.92 Å². The summed E-state index contributed by atoms with van der Waals surface area (Å²) < 4.78 is 31.4. The normalized spacial score (nSPS) is 13.6. The molecular weight excluding hydrogens is 288 g/mol. The fourth-order valence-corrected chi connectivity index (χ4v) is 3.33. The predicted molar refractivity (Wildman–Crippen MR) is 86.8 cm³/mol. The van der Waals surface area contributed by atoms with Crippen molar-refractivity contribution >= 4 is 15.7 Å². The Morgan fingerprint density at radius 3 is 2.52 bits per heavy atom. The first kappa shape index (κ1) is 17.8. The second kappa shape index (κ2) is 7.66. The van der Waals surface area contributed by atoms with Crippen molar-refractivity contribution in [3.05, 3.63) is 24.3 Å². The molecule has 0 aromatic heterocycles. The van der Waals surface area contributed by atoms with E-state index in [9.17, 15) is 8.42 Å². The van der Waals surface area contributed by atoms with E-state index in [-0.39, 0.29) is 18.4 Å². The van der Waals surface area contributed by atoms with E-state index in [2.05, 4.69) is 13.8 Å². The van der Waals surface area contributed by atoms with Gasteiger partial charge < -0.3 is 10.5 Å². The van der Waals surface area contributed by atoms with Crippen LogP contribution in [0.4, 0.5) is 5.69 Å². The summed E-state index contributed by atoms with van der Waals surface area (Å²) in [5, 5.41) is 0. The Bertz CT molecular complexity index is 544. The van der Waals surface area contributed by atoms with Crippen LogP contribution in [0.15, 0.2) is 24.3 Å². The number of rotatable bonds is 8. The van der Waals surface area contributed by atoms with Gasteiger partial charge in [-0.1, -0.05) is 19.9 Å². The highest BCUT2D eigenvalue weighted by atomic mass is 32.2. The minimum atomic E-state index is -3.31. The standard InChI is InChI=1S/C15H26N2O3S/c1-12(2)10-13(3)17(4)21(18,19)9-8-20-15-7-5-6-14(16)11-15/h5-7,11-13H,8-10,16H2,1-4H3. The molecule has 0 saturated heterocycles. The number of hydrogen-bond donors (Lipinski definition) is 1. The average molecular weight is 314 g/mol. The molecule has 0 aliphatic carbocycles. The van der Waals surface area contributed by atoms with Crippen LogP contribution < -0.4 is 10.5 Å². The van der Waals surface area contributed by atoms with Gasteiger partial charge in [0.1, 0.15) is 12.4 Å². The van der Waals surface area contributed by atoms with Gasteiger partial charge in [-0.15, -0.1) is 0 Å². The molecule has 1 aromatic rings. The van der Waals surface area contributed by atoms with Gasteiger partial charge in [0.2, 0.25) is 10.0 Å². The minimum absolute atomic E-state index is 0.0117. The molecule has 1 aromatic carbocycles. The van der Waals surface area contributed by atoms with Gasteiger partial charge >= 0.3 is 0 Å².